The van der Waals surface area contributed by atoms with E-state index in [4.69, 9.17) is 10.5 Å². The number of ether oxygens (including phenoxy) is 1. The molecule has 1 atom stereocenters. The van der Waals surface area contributed by atoms with Gasteiger partial charge < -0.3 is 20.7 Å². The number of hydrogen-bond donors (Lipinski definition) is 2. The van der Waals surface area contributed by atoms with Gasteiger partial charge in [0, 0.05) is 32.3 Å². The molecule has 0 aliphatic rings. The predicted octanol–water partition coefficient (Wildman–Crippen LogP) is 2.21. The van der Waals surface area contributed by atoms with Gasteiger partial charge >= 0.3 is 0 Å². The lowest BCUT2D eigenvalue weighted by atomic mass is 10.1. The van der Waals surface area contributed by atoms with E-state index < -0.39 is 6.04 Å². The molecule has 5 nitrogen and oxygen atoms in total. The van der Waals surface area contributed by atoms with E-state index in [2.05, 4.69) is 21.2 Å². The highest BCUT2D eigenvalue weighted by molar-refractivity contribution is 9.10. The van der Waals surface area contributed by atoms with E-state index in [1.807, 2.05) is 37.2 Å². The van der Waals surface area contributed by atoms with Crippen LogP contribution in [0.25, 0.3) is 0 Å². The summed E-state index contributed by atoms with van der Waals surface area (Å²) < 4.78 is 5.87. The fourth-order valence-electron chi connectivity index (χ4n) is 1.80. The van der Waals surface area contributed by atoms with Gasteiger partial charge in [-0.3, -0.25) is 4.79 Å². The van der Waals surface area contributed by atoms with Crippen molar-refractivity contribution in [2.45, 2.75) is 18.9 Å². The van der Waals surface area contributed by atoms with Crippen LogP contribution in [0.3, 0.4) is 0 Å². The highest BCUT2D eigenvalue weighted by Gasteiger charge is 2.15. The standard InChI is InChI=1S/C14H22BrN3O2/c1-18(2)13-7-6-10(15)9-12(13)17-14(19)11(16)5-4-8-20-3/h6-7,9,11H,4-5,8,16H2,1-3H3,(H,17,19). The van der Waals surface area contributed by atoms with E-state index >= 15 is 0 Å². The average Bonchev–Trinajstić information content (AvgIpc) is 2.38. The van der Waals surface area contributed by atoms with Crippen molar-refractivity contribution in [1.82, 2.24) is 0 Å². The number of carbonyl (C=O) groups is 1. The summed E-state index contributed by atoms with van der Waals surface area (Å²) in [7, 11) is 5.49. The van der Waals surface area contributed by atoms with Crippen molar-refractivity contribution in [1.29, 1.82) is 0 Å². The van der Waals surface area contributed by atoms with Crippen LogP contribution in [-0.2, 0) is 9.53 Å². The smallest absolute Gasteiger partial charge is 0.241 e. The Labute approximate surface area is 128 Å². The maximum atomic E-state index is 12.1. The Morgan fingerprint density at radius 1 is 1.50 bits per heavy atom. The molecule has 0 heterocycles. The number of nitrogens with zero attached hydrogens (tertiary/aromatic N) is 1. The lowest BCUT2D eigenvalue weighted by molar-refractivity contribution is -0.117. The Kier molecular flexibility index (Phi) is 6.98. The molecule has 112 valence electrons. The first-order valence-electron chi connectivity index (χ1n) is 6.48. The minimum Gasteiger partial charge on any atom is -0.385 e. The van der Waals surface area contributed by atoms with Gasteiger partial charge in [-0.15, -0.1) is 0 Å². The summed E-state index contributed by atoms with van der Waals surface area (Å²) in [5.74, 6) is -0.178. The van der Waals surface area contributed by atoms with Crippen molar-refractivity contribution in [2.24, 2.45) is 5.73 Å². The summed E-state index contributed by atoms with van der Waals surface area (Å²) in [6.45, 7) is 0.612. The molecular formula is C14H22BrN3O2. The number of methoxy groups -OCH3 is 1. The Hall–Kier alpha value is -1.11. The van der Waals surface area contributed by atoms with Crippen LogP contribution in [-0.4, -0.2) is 39.8 Å². The van der Waals surface area contributed by atoms with E-state index in [-0.39, 0.29) is 5.91 Å². The zero-order chi connectivity index (χ0) is 15.1. The van der Waals surface area contributed by atoms with Gasteiger partial charge in [-0.05, 0) is 31.0 Å². The Morgan fingerprint density at radius 3 is 2.80 bits per heavy atom. The summed E-state index contributed by atoms with van der Waals surface area (Å²) >= 11 is 3.41. The molecule has 6 heteroatoms. The van der Waals surface area contributed by atoms with E-state index in [9.17, 15) is 4.79 Å². The molecule has 0 radical (unpaired) electrons. The van der Waals surface area contributed by atoms with Gasteiger partial charge in [0.2, 0.25) is 5.91 Å². The van der Waals surface area contributed by atoms with Gasteiger partial charge in [-0.1, -0.05) is 15.9 Å². The van der Waals surface area contributed by atoms with Gasteiger partial charge in [0.25, 0.3) is 0 Å². The van der Waals surface area contributed by atoms with Crippen LogP contribution >= 0.6 is 15.9 Å². The number of halogens is 1. The summed E-state index contributed by atoms with van der Waals surface area (Å²) in [6, 6.07) is 5.22. The fourth-order valence-corrected chi connectivity index (χ4v) is 2.16. The first kappa shape index (κ1) is 16.9. The average molecular weight is 344 g/mol. The number of amides is 1. The molecule has 1 rings (SSSR count). The first-order valence-corrected chi connectivity index (χ1v) is 7.27. The predicted molar refractivity (Wildman–Crippen MR) is 86.2 cm³/mol. The van der Waals surface area contributed by atoms with Crippen LogP contribution in [0.15, 0.2) is 22.7 Å². The molecule has 1 unspecified atom stereocenters. The minimum atomic E-state index is -0.529. The van der Waals surface area contributed by atoms with Crippen LogP contribution in [0.4, 0.5) is 11.4 Å². The fraction of sp³-hybridized carbons (Fsp3) is 0.500. The van der Waals surface area contributed by atoms with Gasteiger partial charge in [0.1, 0.15) is 0 Å². The van der Waals surface area contributed by atoms with Crippen LogP contribution < -0.4 is 16.0 Å². The molecule has 20 heavy (non-hydrogen) atoms. The number of rotatable bonds is 7. The quantitative estimate of drug-likeness (QED) is 0.745. The Bertz CT molecular complexity index is 452. The number of benzene rings is 1. The molecule has 0 fully saturated rings. The lowest BCUT2D eigenvalue weighted by Crippen LogP contribution is -2.36. The third-order valence-electron chi connectivity index (χ3n) is 2.90. The van der Waals surface area contributed by atoms with E-state index in [1.165, 1.54) is 0 Å². The Balaban J connectivity index is 2.71. The third-order valence-corrected chi connectivity index (χ3v) is 3.39. The first-order chi connectivity index (χ1) is 9.45. The summed E-state index contributed by atoms with van der Waals surface area (Å²) in [4.78, 5) is 14.0. The van der Waals surface area contributed by atoms with Crippen LogP contribution in [0.1, 0.15) is 12.8 Å². The second kappa shape index (κ2) is 8.24. The SMILES string of the molecule is COCCCC(N)C(=O)Nc1cc(Br)ccc1N(C)C. The summed E-state index contributed by atoms with van der Waals surface area (Å²) in [5, 5.41) is 2.88. The number of nitrogens with one attached hydrogen (secondary N) is 1. The number of anilines is 2. The monoisotopic (exact) mass is 343 g/mol. The zero-order valence-electron chi connectivity index (χ0n) is 12.1. The number of carbonyl (C=O) groups excluding carboxylic acids is 1. The van der Waals surface area contributed by atoms with Crippen molar-refractivity contribution in [3.63, 3.8) is 0 Å². The Morgan fingerprint density at radius 2 is 2.20 bits per heavy atom. The molecule has 0 saturated carbocycles. The highest BCUT2D eigenvalue weighted by Crippen LogP contribution is 2.28. The van der Waals surface area contributed by atoms with Crippen molar-refractivity contribution < 1.29 is 9.53 Å². The number of hydrogen-bond acceptors (Lipinski definition) is 4. The summed E-state index contributed by atoms with van der Waals surface area (Å²) in [5.41, 5.74) is 7.56. The van der Waals surface area contributed by atoms with Crippen molar-refractivity contribution in [2.75, 3.05) is 38.0 Å². The second-order valence-corrected chi connectivity index (χ2v) is 5.70. The molecule has 1 aromatic rings. The number of nitrogens with two attached hydrogens (primary N) is 1. The molecular weight excluding hydrogens is 322 g/mol. The molecule has 0 saturated heterocycles. The molecule has 0 spiro atoms. The molecule has 1 aromatic carbocycles. The van der Waals surface area contributed by atoms with E-state index in [1.54, 1.807) is 7.11 Å². The molecule has 1 amide bonds. The summed E-state index contributed by atoms with van der Waals surface area (Å²) in [6.07, 6.45) is 1.37. The zero-order valence-corrected chi connectivity index (χ0v) is 13.7. The van der Waals surface area contributed by atoms with Gasteiger partial charge in [0.05, 0.1) is 17.4 Å². The van der Waals surface area contributed by atoms with Crippen LogP contribution in [0.2, 0.25) is 0 Å². The van der Waals surface area contributed by atoms with E-state index in [0.717, 1.165) is 22.3 Å². The molecule has 0 aliphatic carbocycles. The maximum Gasteiger partial charge on any atom is 0.241 e. The van der Waals surface area contributed by atoms with Crippen molar-refractivity contribution in [3.8, 4) is 0 Å². The normalized spacial score (nSPS) is 12.1. The second-order valence-electron chi connectivity index (χ2n) is 4.79. The third kappa shape index (κ3) is 5.11. The van der Waals surface area contributed by atoms with Gasteiger partial charge in [-0.2, -0.15) is 0 Å². The molecule has 3 N–H and O–H groups in total. The molecule has 0 aromatic heterocycles. The van der Waals surface area contributed by atoms with Crippen molar-refractivity contribution >= 4 is 33.2 Å². The largest absolute Gasteiger partial charge is 0.385 e. The molecule has 0 aliphatic heterocycles. The highest BCUT2D eigenvalue weighted by atomic mass is 79.9. The topological polar surface area (TPSA) is 67.6 Å². The van der Waals surface area contributed by atoms with E-state index in [0.29, 0.717) is 13.0 Å². The van der Waals surface area contributed by atoms with Crippen LogP contribution in [0, 0.1) is 0 Å². The molecule has 0 bridgehead atoms. The lowest BCUT2D eigenvalue weighted by Gasteiger charge is -2.19. The van der Waals surface area contributed by atoms with Crippen LogP contribution in [0.5, 0.6) is 0 Å². The van der Waals surface area contributed by atoms with Gasteiger partial charge in [0.15, 0.2) is 0 Å². The van der Waals surface area contributed by atoms with Crippen molar-refractivity contribution in [3.05, 3.63) is 22.7 Å². The maximum absolute atomic E-state index is 12.1. The minimum absolute atomic E-state index is 0.178. The van der Waals surface area contributed by atoms with Gasteiger partial charge in [-0.25, -0.2) is 0 Å².